The van der Waals surface area contributed by atoms with Gasteiger partial charge in [0.15, 0.2) is 0 Å². The average Bonchev–Trinajstić information content (AvgIpc) is 2.95. The Hall–Kier alpha value is -1.59. The van der Waals surface area contributed by atoms with Crippen molar-refractivity contribution in [3.8, 4) is 5.75 Å². The van der Waals surface area contributed by atoms with E-state index in [1.165, 1.54) is 29.5 Å². The molecule has 4 unspecified atom stereocenters. The van der Waals surface area contributed by atoms with E-state index in [4.69, 9.17) is 9.32 Å². The standard InChI is InChI=1S/C22H29NO3S/c1-4-14-12-19-15(13-21(14)26-27(23,24)25)6-8-18-17(19)10-11-22(3)16(5-2)7-9-20(18)22/h5,7,12-13,17-18,20H,2,4,6,8-11H2,1,3H3,(H2,23,24,25). The van der Waals surface area contributed by atoms with Gasteiger partial charge in [-0.05, 0) is 90.0 Å². The third kappa shape index (κ3) is 3.05. The molecule has 0 aliphatic heterocycles. The number of nitrogens with two attached hydrogens (primary N) is 1. The Morgan fingerprint density at radius 2 is 2.15 bits per heavy atom. The van der Waals surface area contributed by atoms with E-state index in [-0.39, 0.29) is 5.41 Å². The first-order valence-electron chi connectivity index (χ1n) is 9.97. The van der Waals surface area contributed by atoms with Crippen molar-refractivity contribution in [2.45, 2.75) is 58.3 Å². The van der Waals surface area contributed by atoms with E-state index in [9.17, 15) is 8.42 Å². The highest BCUT2D eigenvalue weighted by Crippen LogP contribution is 2.61. The van der Waals surface area contributed by atoms with Gasteiger partial charge < -0.3 is 4.18 Å². The second kappa shape index (κ2) is 6.49. The van der Waals surface area contributed by atoms with Crippen LogP contribution in [0.1, 0.15) is 62.1 Å². The molecule has 5 heteroatoms. The highest BCUT2D eigenvalue weighted by atomic mass is 32.2. The summed E-state index contributed by atoms with van der Waals surface area (Å²) < 4.78 is 27.9. The van der Waals surface area contributed by atoms with Crippen molar-refractivity contribution in [1.29, 1.82) is 0 Å². The number of hydrogen-bond donors (Lipinski definition) is 1. The van der Waals surface area contributed by atoms with Gasteiger partial charge in [0.2, 0.25) is 0 Å². The van der Waals surface area contributed by atoms with Gasteiger partial charge in [0.25, 0.3) is 0 Å². The number of benzene rings is 1. The lowest BCUT2D eigenvalue weighted by atomic mass is 9.54. The summed E-state index contributed by atoms with van der Waals surface area (Å²) in [5, 5.41) is 5.11. The van der Waals surface area contributed by atoms with Crippen molar-refractivity contribution < 1.29 is 12.6 Å². The second-order valence-electron chi connectivity index (χ2n) is 8.56. The molecule has 1 fully saturated rings. The Balaban J connectivity index is 1.70. The summed E-state index contributed by atoms with van der Waals surface area (Å²) in [6.45, 7) is 8.48. The zero-order valence-electron chi connectivity index (χ0n) is 16.2. The highest BCUT2D eigenvalue weighted by Gasteiger charge is 2.51. The number of rotatable bonds is 4. The van der Waals surface area contributed by atoms with Crippen LogP contribution in [0, 0.1) is 17.3 Å². The molecule has 1 aromatic rings. The van der Waals surface area contributed by atoms with E-state index in [1.54, 1.807) is 0 Å². The molecule has 27 heavy (non-hydrogen) atoms. The Morgan fingerprint density at radius 3 is 2.81 bits per heavy atom. The number of hydrogen-bond acceptors (Lipinski definition) is 3. The molecule has 1 saturated carbocycles. The third-order valence-corrected chi connectivity index (χ3v) is 7.77. The van der Waals surface area contributed by atoms with Crippen LogP contribution in [0.5, 0.6) is 5.75 Å². The summed E-state index contributed by atoms with van der Waals surface area (Å²) in [7, 11) is -4.00. The van der Waals surface area contributed by atoms with Gasteiger partial charge in [-0.3, -0.25) is 0 Å². The maximum absolute atomic E-state index is 11.4. The Kier molecular flexibility index (Phi) is 4.51. The molecule has 2 N–H and O–H groups in total. The second-order valence-corrected chi connectivity index (χ2v) is 9.71. The quantitative estimate of drug-likeness (QED) is 0.832. The molecule has 0 spiro atoms. The Bertz CT molecular complexity index is 918. The van der Waals surface area contributed by atoms with Crippen molar-refractivity contribution in [2.75, 3.05) is 0 Å². The fraction of sp³-hybridized carbons (Fsp3) is 0.545. The monoisotopic (exact) mass is 387 g/mol. The highest BCUT2D eigenvalue weighted by molar-refractivity contribution is 7.84. The van der Waals surface area contributed by atoms with Gasteiger partial charge in [-0.15, -0.1) is 0 Å². The Morgan fingerprint density at radius 1 is 1.37 bits per heavy atom. The Labute approximate surface area is 162 Å². The first-order valence-corrected chi connectivity index (χ1v) is 11.4. The first kappa shape index (κ1) is 18.8. The van der Waals surface area contributed by atoms with E-state index in [1.807, 2.05) is 13.0 Å². The molecule has 0 amide bonds. The maximum Gasteiger partial charge on any atom is 0.380 e. The van der Waals surface area contributed by atoms with Crippen LogP contribution in [-0.2, 0) is 23.1 Å². The number of allylic oxidation sites excluding steroid dienone is 3. The van der Waals surface area contributed by atoms with Crippen LogP contribution in [-0.4, -0.2) is 8.42 Å². The number of aryl methyl sites for hydroxylation is 2. The minimum absolute atomic E-state index is 0.269. The molecular weight excluding hydrogens is 358 g/mol. The van der Waals surface area contributed by atoms with Gasteiger partial charge >= 0.3 is 10.3 Å². The van der Waals surface area contributed by atoms with Crippen LogP contribution in [0.4, 0.5) is 0 Å². The van der Waals surface area contributed by atoms with Crippen LogP contribution in [0.3, 0.4) is 0 Å². The van der Waals surface area contributed by atoms with Crippen LogP contribution in [0.15, 0.2) is 36.4 Å². The molecule has 0 saturated heterocycles. The molecule has 0 heterocycles. The molecule has 4 rings (SSSR count). The third-order valence-electron chi connectivity index (χ3n) is 7.35. The topological polar surface area (TPSA) is 69.4 Å². The summed E-state index contributed by atoms with van der Waals surface area (Å²) in [5.41, 5.74) is 5.26. The maximum atomic E-state index is 11.4. The minimum atomic E-state index is -4.00. The molecule has 4 atom stereocenters. The van der Waals surface area contributed by atoms with Gasteiger partial charge in [0, 0.05) is 0 Å². The molecule has 146 valence electrons. The van der Waals surface area contributed by atoms with Crippen LogP contribution in [0.25, 0.3) is 0 Å². The summed E-state index contributed by atoms with van der Waals surface area (Å²) >= 11 is 0. The van der Waals surface area contributed by atoms with Crippen molar-refractivity contribution in [3.63, 3.8) is 0 Å². The van der Waals surface area contributed by atoms with Gasteiger partial charge in [-0.2, -0.15) is 13.6 Å². The molecule has 3 aliphatic rings. The normalized spacial score (nSPS) is 32.1. The van der Waals surface area contributed by atoms with Crippen molar-refractivity contribution in [2.24, 2.45) is 22.4 Å². The molecule has 4 nitrogen and oxygen atoms in total. The van der Waals surface area contributed by atoms with Gasteiger partial charge in [-0.25, -0.2) is 0 Å². The van der Waals surface area contributed by atoms with Crippen molar-refractivity contribution in [3.05, 3.63) is 53.1 Å². The minimum Gasteiger partial charge on any atom is -0.371 e. The smallest absolute Gasteiger partial charge is 0.371 e. The molecular formula is C22H29NO3S. The van der Waals surface area contributed by atoms with E-state index >= 15 is 0 Å². The predicted molar refractivity (Wildman–Crippen MR) is 108 cm³/mol. The van der Waals surface area contributed by atoms with Gasteiger partial charge in [0.05, 0.1) is 0 Å². The zero-order chi connectivity index (χ0) is 19.4. The van der Waals surface area contributed by atoms with Crippen LogP contribution >= 0.6 is 0 Å². The largest absolute Gasteiger partial charge is 0.380 e. The van der Waals surface area contributed by atoms with Gasteiger partial charge in [0.1, 0.15) is 5.75 Å². The molecule has 0 bridgehead atoms. The zero-order valence-corrected chi connectivity index (χ0v) is 17.0. The average molecular weight is 388 g/mol. The lowest BCUT2D eigenvalue weighted by Crippen LogP contribution is -2.41. The molecule has 0 aromatic heterocycles. The van der Waals surface area contributed by atoms with Gasteiger partial charge in [-0.1, -0.05) is 38.6 Å². The first-order chi connectivity index (χ1) is 12.8. The predicted octanol–water partition coefficient (Wildman–Crippen LogP) is 4.41. The number of fused-ring (bicyclic) bond motifs is 5. The fourth-order valence-corrected chi connectivity index (χ4v) is 6.45. The van der Waals surface area contributed by atoms with E-state index < -0.39 is 10.3 Å². The molecule has 0 radical (unpaired) electrons. The van der Waals surface area contributed by atoms with Crippen molar-refractivity contribution >= 4 is 10.3 Å². The molecule has 3 aliphatic carbocycles. The van der Waals surface area contributed by atoms with Crippen LogP contribution < -0.4 is 9.32 Å². The van der Waals surface area contributed by atoms with E-state index in [0.717, 1.165) is 31.2 Å². The summed E-state index contributed by atoms with van der Waals surface area (Å²) in [6.07, 6.45) is 10.8. The van der Waals surface area contributed by atoms with E-state index in [0.29, 0.717) is 23.5 Å². The summed E-state index contributed by atoms with van der Waals surface area (Å²) in [6, 6.07) is 4.11. The summed E-state index contributed by atoms with van der Waals surface area (Å²) in [4.78, 5) is 0. The van der Waals surface area contributed by atoms with Crippen LogP contribution in [0.2, 0.25) is 0 Å². The summed E-state index contributed by atoms with van der Waals surface area (Å²) in [5.74, 6) is 2.31. The molecule has 1 aromatic carbocycles. The lowest BCUT2D eigenvalue weighted by Gasteiger charge is -2.50. The van der Waals surface area contributed by atoms with Crippen molar-refractivity contribution in [1.82, 2.24) is 0 Å². The fourth-order valence-electron chi connectivity index (χ4n) is 6.04. The lowest BCUT2D eigenvalue weighted by molar-refractivity contribution is 0.0774. The SMILES string of the molecule is C=CC1=CCC2C3CCc4cc(OS(N)(=O)=O)c(CC)cc4C3CCC12C. The van der Waals surface area contributed by atoms with E-state index in [2.05, 4.69) is 31.7 Å².